The molecule has 4 aromatic rings. The molecule has 0 aliphatic carbocycles. The van der Waals surface area contributed by atoms with Crippen molar-refractivity contribution in [1.29, 1.82) is 0 Å². The van der Waals surface area contributed by atoms with Gasteiger partial charge in [-0.25, -0.2) is 10.4 Å². The standard InChI is InChI=1S/C23H20Br2N4O2/c1-2-30-21-12-16(13-26-29-23-27-19-5-3-4-6-20(19)28-23)11-18(25)22(21)31-14-15-7-9-17(24)10-8-15/h3-13H,2,14H2,1H3,(H2,27,28,29)/b26-13-. The molecule has 0 fully saturated rings. The van der Waals surface area contributed by atoms with E-state index in [0.717, 1.165) is 31.1 Å². The zero-order valence-electron chi connectivity index (χ0n) is 16.7. The van der Waals surface area contributed by atoms with Gasteiger partial charge in [-0.05, 0) is 70.4 Å². The van der Waals surface area contributed by atoms with Gasteiger partial charge in [-0.15, -0.1) is 0 Å². The van der Waals surface area contributed by atoms with Crippen molar-refractivity contribution in [2.24, 2.45) is 5.10 Å². The lowest BCUT2D eigenvalue weighted by molar-refractivity contribution is 0.267. The van der Waals surface area contributed by atoms with Crippen molar-refractivity contribution in [2.45, 2.75) is 13.5 Å². The van der Waals surface area contributed by atoms with Crippen molar-refractivity contribution < 1.29 is 9.47 Å². The van der Waals surface area contributed by atoms with Gasteiger partial charge in [0.2, 0.25) is 5.95 Å². The SMILES string of the molecule is CCOc1cc(/C=N\Nc2nc3ccccc3[nH]2)cc(Br)c1OCc1ccc(Br)cc1. The summed E-state index contributed by atoms with van der Waals surface area (Å²) in [7, 11) is 0. The van der Waals surface area contributed by atoms with Crippen LogP contribution in [0.2, 0.25) is 0 Å². The lowest BCUT2D eigenvalue weighted by Gasteiger charge is -2.14. The van der Waals surface area contributed by atoms with Crippen LogP contribution in [0.4, 0.5) is 5.95 Å². The first-order valence-corrected chi connectivity index (χ1v) is 11.3. The van der Waals surface area contributed by atoms with E-state index in [1.54, 1.807) is 6.21 Å². The molecule has 1 aromatic heterocycles. The summed E-state index contributed by atoms with van der Waals surface area (Å²) in [6.07, 6.45) is 1.71. The average Bonchev–Trinajstić information content (AvgIpc) is 3.17. The molecule has 0 bridgehead atoms. The van der Waals surface area contributed by atoms with Gasteiger partial charge < -0.3 is 14.5 Å². The second-order valence-electron chi connectivity index (χ2n) is 6.65. The monoisotopic (exact) mass is 542 g/mol. The number of H-pyrrole nitrogens is 1. The zero-order valence-corrected chi connectivity index (χ0v) is 19.9. The Morgan fingerprint density at radius 3 is 2.65 bits per heavy atom. The van der Waals surface area contributed by atoms with Crippen LogP contribution in [0.25, 0.3) is 11.0 Å². The molecular weight excluding hydrogens is 524 g/mol. The fraction of sp³-hybridized carbons (Fsp3) is 0.130. The Hall–Kier alpha value is -2.84. The number of nitrogens with one attached hydrogen (secondary N) is 2. The molecule has 0 unspecified atom stereocenters. The van der Waals surface area contributed by atoms with E-state index in [-0.39, 0.29) is 0 Å². The number of nitrogens with zero attached hydrogens (tertiary/aromatic N) is 2. The molecule has 8 heteroatoms. The van der Waals surface area contributed by atoms with E-state index < -0.39 is 0 Å². The van der Waals surface area contributed by atoms with E-state index in [1.807, 2.05) is 67.6 Å². The Morgan fingerprint density at radius 1 is 1.06 bits per heavy atom. The fourth-order valence-corrected chi connectivity index (χ4v) is 3.81. The van der Waals surface area contributed by atoms with Crippen molar-refractivity contribution in [1.82, 2.24) is 9.97 Å². The van der Waals surface area contributed by atoms with Gasteiger partial charge in [0.15, 0.2) is 11.5 Å². The first-order valence-electron chi connectivity index (χ1n) is 9.70. The largest absolute Gasteiger partial charge is 0.490 e. The van der Waals surface area contributed by atoms with Crippen molar-refractivity contribution >= 4 is 55.1 Å². The average molecular weight is 544 g/mol. The normalized spacial score (nSPS) is 11.2. The molecule has 1 heterocycles. The van der Waals surface area contributed by atoms with Gasteiger partial charge in [-0.2, -0.15) is 5.10 Å². The predicted molar refractivity (Wildman–Crippen MR) is 131 cm³/mol. The van der Waals surface area contributed by atoms with Crippen LogP contribution in [0, 0.1) is 0 Å². The number of para-hydroxylation sites is 2. The minimum atomic E-state index is 0.437. The van der Waals surface area contributed by atoms with E-state index >= 15 is 0 Å². The second kappa shape index (κ2) is 9.98. The van der Waals surface area contributed by atoms with Gasteiger partial charge in [-0.1, -0.05) is 40.2 Å². The fourth-order valence-electron chi connectivity index (χ4n) is 2.98. The van der Waals surface area contributed by atoms with Gasteiger partial charge in [-0.3, -0.25) is 0 Å². The van der Waals surface area contributed by atoms with Gasteiger partial charge in [0, 0.05) is 4.47 Å². The molecule has 0 aliphatic rings. The van der Waals surface area contributed by atoms with Crippen LogP contribution in [-0.2, 0) is 6.61 Å². The number of fused-ring (bicyclic) bond motifs is 1. The summed E-state index contributed by atoms with van der Waals surface area (Å²) in [5, 5.41) is 4.29. The first-order chi connectivity index (χ1) is 15.1. The number of ether oxygens (including phenoxy) is 2. The number of aromatic nitrogens is 2. The van der Waals surface area contributed by atoms with Gasteiger partial charge in [0.25, 0.3) is 0 Å². The highest BCUT2D eigenvalue weighted by atomic mass is 79.9. The van der Waals surface area contributed by atoms with Crippen LogP contribution in [0.3, 0.4) is 0 Å². The molecule has 0 spiro atoms. The lowest BCUT2D eigenvalue weighted by Crippen LogP contribution is -2.02. The minimum Gasteiger partial charge on any atom is -0.490 e. The third kappa shape index (κ3) is 5.45. The smallest absolute Gasteiger partial charge is 0.222 e. The summed E-state index contributed by atoms with van der Waals surface area (Å²) in [6.45, 7) is 2.90. The number of hydrogen-bond donors (Lipinski definition) is 2. The quantitative estimate of drug-likeness (QED) is 0.196. The molecule has 6 nitrogen and oxygen atoms in total. The molecule has 0 amide bonds. The van der Waals surface area contributed by atoms with Crippen molar-refractivity contribution in [3.8, 4) is 11.5 Å². The molecule has 0 saturated heterocycles. The number of hydrogen-bond acceptors (Lipinski definition) is 5. The van der Waals surface area contributed by atoms with Crippen molar-refractivity contribution in [3.05, 3.63) is 80.7 Å². The molecule has 0 atom stereocenters. The number of hydrazone groups is 1. The molecule has 0 radical (unpaired) electrons. The summed E-state index contributed by atoms with van der Waals surface area (Å²) in [5.41, 5.74) is 6.69. The molecular formula is C23H20Br2N4O2. The predicted octanol–water partition coefficient (Wildman–Crippen LogP) is 6.51. The highest BCUT2D eigenvalue weighted by molar-refractivity contribution is 9.10. The van der Waals surface area contributed by atoms with Gasteiger partial charge in [0.1, 0.15) is 6.61 Å². The molecule has 0 saturated carbocycles. The first kappa shape index (κ1) is 21.4. The van der Waals surface area contributed by atoms with Gasteiger partial charge in [0.05, 0.1) is 28.3 Å². The van der Waals surface area contributed by atoms with Crippen LogP contribution in [-0.4, -0.2) is 22.8 Å². The summed E-state index contributed by atoms with van der Waals surface area (Å²) in [5.74, 6) is 1.89. The van der Waals surface area contributed by atoms with Crippen LogP contribution in [0.15, 0.2) is 74.7 Å². The highest BCUT2D eigenvalue weighted by Gasteiger charge is 2.12. The Morgan fingerprint density at radius 2 is 1.87 bits per heavy atom. The Bertz CT molecular complexity index is 1170. The van der Waals surface area contributed by atoms with Crippen LogP contribution in [0.1, 0.15) is 18.1 Å². The maximum atomic E-state index is 6.05. The van der Waals surface area contributed by atoms with E-state index in [2.05, 4.69) is 52.4 Å². The summed E-state index contributed by atoms with van der Waals surface area (Å²) >= 11 is 7.05. The summed E-state index contributed by atoms with van der Waals surface area (Å²) < 4.78 is 13.7. The molecule has 0 aliphatic heterocycles. The Balaban J connectivity index is 1.48. The molecule has 31 heavy (non-hydrogen) atoms. The number of benzene rings is 3. The van der Waals surface area contributed by atoms with Crippen molar-refractivity contribution in [2.75, 3.05) is 12.0 Å². The third-order valence-electron chi connectivity index (χ3n) is 4.40. The number of imidazole rings is 1. The molecule has 2 N–H and O–H groups in total. The van der Waals surface area contributed by atoms with Crippen molar-refractivity contribution in [3.63, 3.8) is 0 Å². The topological polar surface area (TPSA) is 71.5 Å². The molecule has 4 rings (SSSR count). The van der Waals surface area contributed by atoms with Crippen LogP contribution < -0.4 is 14.9 Å². The van der Waals surface area contributed by atoms with Crippen LogP contribution in [0.5, 0.6) is 11.5 Å². The highest BCUT2D eigenvalue weighted by Crippen LogP contribution is 2.37. The number of rotatable bonds is 8. The maximum Gasteiger partial charge on any atom is 0.222 e. The summed E-state index contributed by atoms with van der Waals surface area (Å²) in [4.78, 5) is 7.62. The number of aromatic amines is 1. The second-order valence-corrected chi connectivity index (χ2v) is 8.42. The number of halogens is 2. The lowest BCUT2D eigenvalue weighted by atomic mass is 10.2. The Labute approximate surface area is 196 Å². The van der Waals surface area contributed by atoms with E-state index in [0.29, 0.717) is 30.7 Å². The minimum absolute atomic E-state index is 0.437. The van der Waals surface area contributed by atoms with Crippen LogP contribution >= 0.6 is 31.9 Å². The van der Waals surface area contributed by atoms with E-state index in [1.165, 1.54) is 0 Å². The van der Waals surface area contributed by atoms with E-state index in [9.17, 15) is 0 Å². The molecule has 158 valence electrons. The number of anilines is 1. The zero-order chi connectivity index (χ0) is 21.6. The third-order valence-corrected chi connectivity index (χ3v) is 5.52. The Kier molecular flexibility index (Phi) is 6.89. The van der Waals surface area contributed by atoms with Gasteiger partial charge >= 0.3 is 0 Å². The molecule has 3 aromatic carbocycles. The maximum absolute atomic E-state index is 6.05. The summed E-state index contributed by atoms with van der Waals surface area (Å²) in [6, 6.07) is 19.7. The van der Waals surface area contributed by atoms with E-state index in [4.69, 9.17) is 9.47 Å².